The fourth-order valence-electron chi connectivity index (χ4n) is 4.37. The van der Waals surface area contributed by atoms with Crippen molar-refractivity contribution in [2.45, 2.75) is 13.3 Å². The van der Waals surface area contributed by atoms with Crippen LogP contribution in [0.1, 0.15) is 13.3 Å². The van der Waals surface area contributed by atoms with Crippen molar-refractivity contribution >= 4 is 33.4 Å². The standard InChI is InChI=1S/C28H21FN6O/c1-2-27(36)32-17-10-16(13-30-14-17)24-12-21-26(15-31-24)34-35-28(21)25-11-20-18(7-5-9-23(20)33-25)19-6-3-4-8-22(19)29/h3-15,33H,2H2,1H3,(H,32,36)(H,34,35). The normalized spacial score (nSPS) is 11.3. The number of hydrogen-bond acceptors (Lipinski definition) is 4. The van der Waals surface area contributed by atoms with Crippen molar-refractivity contribution in [3.63, 3.8) is 0 Å². The number of anilines is 1. The number of pyridine rings is 2. The number of H-pyrrole nitrogens is 2. The molecule has 4 aromatic heterocycles. The number of fused-ring (bicyclic) bond motifs is 2. The molecule has 3 N–H and O–H groups in total. The molecule has 0 saturated heterocycles. The van der Waals surface area contributed by atoms with Crippen LogP contribution in [0.25, 0.3) is 55.6 Å². The third kappa shape index (κ3) is 3.78. The Morgan fingerprint density at radius 2 is 1.81 bits per heavy atom. The molecule has 2 aromatic carbocycles. The van der Waals surface area contributed by atoms with Crippen molar-refractivity contribution in [2.75, 3.05) is 5.32 Å². The topological polar surface area (TPSA) is 99.4 Å². The number of halogens is 1. The van der Waals surface area contributed by atoms with Crippen LogP contribution in [0, 0.1) is 5.82 Å². The van der Waals surface area contributed by atoms with Gasteiger partial charge in [-0.2, -0.15) is 5.10 Å². The van der Waals surface area contributed by atoms with E-state index in [2.05, 4.69) is 30.5 Å². The first-order valence-corrected chi connectivity index (χ1v) is 11.6. The molecule has 7 nitrogen and oxygen atoms in total. The van der Waals surface area contributed by atoms with Crippen molar-refractivity contribution in [3.05, 3.63) is 85.1 Å². The summed E-state index contributed by atoms with van der Waals surface area (Å²) in [5, 5.41) is 12.2. The molecule has 1 amide bonds. The first-order chi connectivity index (χ1) is 17.6. The first kappa shape index (κ1) is 21.7. The highest BCUT2D eigenvalue weighted by Gasteiger charge is 2.16. The van der Waals surface area contributed by atoms with Crippen molar-refractivity contribution in [1.29, 1.82) is 0 Å². The Morgan fingerprint density at radius 3 is 2.67 bits per heavy atom. The Labute approximate surface area is 205 Å². The van der Waals surface area contributed by atoms with E-state index in [0.29, 0.717) is 23.4 Å². The molecule has 36 heavy (non-hydrogen) atoms. The number of hydrogen-bond donors (Lipinski definition) is 3. The molecule has 0 radical (unpaired) electrons. The maximum Gasteiger partial charge on any atom is 0.224 e. The first-order valence-electron chi connectivity index (χ1n) is 11.6. The van der Waals surface area contributed by atoms with Crippen LogP contribution in [0.2, 0.25) is 0 Å². The second kappa shape index (κ2) is 8.74. The molecule has 176 valence electrons. The summed E-state index contributed by atoms with van der Waals surface area (Å²) in [6, 6.07) is 18.3. The zero-order valence-electron chi connectivity index (χ0n) is 19.3. The molecular formula is C28H21FN6O. The van der Waals surface area contributed by atoms with Gasteiger partial charge in [0, 0.05) is 40.0 Å². The molecule has 8 heteroatoms. The van der Waals surface area contributed by atoms with E-state index in [9.17, 15) is 9.18 Å². The molecule has 0 fully saturated rings. The van der Waals surface area contributed by atoms with Gasteiger partial charge in [-0.1, -0.05) is 37.3 Å². The van der Waals surface area contributed by atoms with E-state index in [-0.39, 0.29) is 11.7 Å². The van der Waals surface area contributed by atoms with E-state index < -0.39 is 0 Å². The van der Waals surface area contributed by atoms with Gasteiger partial charge in [-0.05, 0) is 35.9 Å². The molecule has 0 bridgehead atoms. The summed E-state index contributed by atoms with van der Waals surface area (Å²) >= 11 is 0. The zero-order chi connectivity index (χ0) is 24.6. The minimum Gasteiger partial charge on any atom is -0.353 e. The molecule has 6 aromatic rings. The van der Waals surface area contributed by atoms with Gasteiger partial charge in [0.2, 0.25) is 5.91 Å². The lowest BCUT2D eigenvalue weighted by Gasteiger charge is -2.06. The number of rotatable bonds is 5. The minimum absolute atomic E-state index is 0.0805. The summed E-state index contributed by atoms with van der Waals surface area (Å²) in [7, 11) is 0. The van der Waals surface area contributed by atoms with E-state index in [0.717, 1.165) is 44.3 Å². The average Bonchev–Trinajstić information content (AvgIpc) is 3.52. The number of carbonyl (C=O) groups excluding carboxylic acids is 1. The molecule has 6 rings (SSSR count). The van der Waals surface area contributed by atoms with Gasteiger partial charge in [0.1, 0.15) is 11.5 Å². The van der Waals surface area contributed by atoms with Gasteiger partial charge in [-0.15, -0.1) is 0 Å². The van der Waals surface area contributed by atoms with Gasteiger partial charge in [-0.25, -0.2) is 4.39 Å². The minimum atomic E-state index is -0.264. The fraction of sp³-hybridized carbons (Fsp3) is 0.0714. The Balaban J connectivity index is 1.44. The Hall–Kier alpha value is -4.85. The fourth-order valence-corrected chi connectivity index (χ4v) is 4.37. The molecule has 0 aliphatic heterocycles. The highest BCUT2D eigenvalue weighted by atomic mass is 19.1. The van der Waals surface area contributed by atoms with Crippen LogP contribution < -0.4 is 5.32 Å². The monoisotopic (exact) mass is 476 g/mol. The zero-order valence-corrected chi connectivity index (χ0v) is 19.3. The summed E-state index contributed by atoms with van der Waals surface area (Å²) in [5.41, 5.74) is 6.66. The van der Waals surface area contributed by atoms with E-state index in [1.165, 1.54) is 6.07 Å². The van der Waals surface area contributed by atoms with Gasteiger partial charge in [-0.3, -0.25) is 19.9 Å². The third-order valence-electron chi connectivity index (χ3n) is 6.17. The number of amides is 1. The van der Waals surface area contributed by atoms with Crippen LogP contribution in [0.4, 0.5) is 10.1 Å². The van der Waals surface area contributed by atoms with Crippen LogP contribution in [0.5, 0.6) is 0 Å². The molecule has 4 heterocycles. The van der Waals surface area contributed by atoms with E-state index in [4.69, 9.17) is 0 Å². The predicted octanol–water partition coefficient (Wildman–Crippen LogP) is 6.32. The summed E-state index contributed by atoms with van der Waals surface area (Å²) < 4.78 is 14.6. The lowest BCUT2D eigenvalue weighted by atomic mass is 10.0. The van der Waals surface area contributed by atoms with Gasteiger partial charge in [0.15, 0.2) is 0 Å². The maximum atomic E-state index is 14.6. The van der Waals surface area contributed by atoms with Crippen molar-refractivity contribution in [3.8, 4) is 33.8 Å². The number of aromatic amines is 2. The molecule has 0 spiro atoms. The van der Waals surface area contributed by atoms with Crippen LogP contribution in [-0.4, -0.2) is 31.1 Å². The second-order valence-corrected chi connectivity index (χ2v) is 8.48. The number of carbonyl (C=O) groups is 1. The predicted molar refractivity (Wildman–Crippen MR) is 139 cm³/mol. The molecule has 0 aliphatic rings. The van der Waals surface area contributed by atoms with Gasteiger partial charge in [0.05, 0.1) is 35.0 Å². The van der Waals surface area contributed by atoms with Crippen molar-refractivity contribution < 1.29 is 9.18 Å². The third-order valence-corrected chi connectivity index (χ3v) is 6.17. The number of nitrogens with zero attached hydrogens (tertiary/aromatic N) is 3. The SMILES string of the molecule is CCC(=O)Nc1cncc(-c2cc3c(-c4cc5c(-c6ccccc6F)cccc5[nH]4)n[nH]c3cn2)c1. The van der Waals surface area contributed by atoms with Crippen molar-refractivity contribution in [2.24, 2.45) is 0 Å². The number of benzene rings is 2. The highest BCUT2D eigenvalue weighted by molar-refractivity contribution is 6.01. The summed E-state index contributed by atoms with van der Waals surface area (Å²) in [6.45, 7) is 1.80. The van der Waals surface area contributed by atoms with Crippen molar-refractivity contribution in [1.82, 2.24) is 25.1 Å². The van der Waals surface area contributed by atoms with E-state index in [1.807, 2.05) is 42.5 Å². The van der Waals surface area contributed by atoms with Crippen LogP contribution in [0.3, 0.4) is 0 Å². The van der Waals surface area contributed by atoms with Gasteiger partial charge < -0.3 is 10.3 Å². The quantitative estimate of drug-likeness (QED) is 0.271. The van der Waals surface area contributed by atoms with Gasteiger partial charge in [0.25, 0.3) is 0 Å². The van der Waals surface area contributed by atoms with E-state index in [1.54, 1.807) is 37.6 Å². The summed E-state index contributed by atoms with van der Waals surface area (Å²) in [4.78, 5) is 24.0. The van der Waals surface area contributed by atoms with Crippen LogP contribution in [-0.2, 0) is 4.79 Å². The van der Waals surface area contributed by atoms with Crippen LogP contribution >= 0.6 is 0 Å². The molecule has 0 unspecified atom stereocenters. The Kier molecular flexibility index (Phi) is 5.26. The Morgan fingerprint density at radius 1 is 0.944 bits per heavy atom. The Bertz CT molecular complexity index is 1750. The molecule has 0 atom stereocenters. The van der Waals surface area contributed by atoms with Crippen LogP contribution in [0.15, 0.2) is 79.3 Å². The lowest BCUT2D eigenvalue weighted by molar-refractivity contribution is -0.115. The molecule has 0 aliphatic carbocycles. The summed E-state index contributed by atoms with van der Waals surface area (Å²) in [5.74, 6) is -0.345. The second-order valence-electron chi connectivity index (χ2n) is 8.48. The number of aromatic nitrogens is 5. The van der Waals surface area contributed by atoms with E-state index >= 15 is 0 Å². The van der Waals surface area contributed by atoms with Gasteiger partial charge >= 0.3 is 0 Å². The largest absolute Gasteiger partial charge is 0.353 e. The summed E-state index contributed by atoms with van der Waals surface area (Å²) in [6.07, 6.45) is 5.43. The lowest BCUT2D eigenvalue weighted by Crippen LogP contribution is -2.09. The molecular weight excluding hydrogens is 455 g/mol. The molecule has 0 saturated carbocycles. The maximum absolute atomic E-state index is 14.6. The average molecular weight is 477 g/mol. The highest BCUT2D eigenvalue weighted by Crippen LogP contribution is 2.35. The number of nitrogens with one attached hydrogen (secondary N) is 3. The smallest absolute Gasteiger partial charge is 0.224 e.